The van der Waals surface area contributed by atoms with Crippen LogP contribution in [0.25, 0.3) is 10.8 Å². The minimum absolute atomic E-state index is 0.0467. The molecular formula is C28H36F3NO3. The Labute approximate surface area is 205 Å². The largest absolute Gasteiger partial charge is 0.490 e. The first-order valence-corrected chi connectivity index (χ1v) is 12.9. The van der Waals surface area contributed by atoms with Gasteiger partial charge in [0.15, 0.2) is 0 Å². The van der Waals surface area contributed by atoms with Crippen LogP contribution >= 0.6 is 0 Å². The van der Waals surface area contributed by atoms with Crippen LogP contribution in [0, 0.1) is 11.8 Å². The van der Waals surface area contributed by atoms with Crippen molar-refractivity contribution in [1.82, 2.24) is 4.90 Å². The van der Waals surface area contributed by atoms with Gasteiger partial charge >= 0.3 is 12.1 Å². The molecule has 2 aromatic carbocycles. The van der Waals surface area contributed by atoms with E-state index in [0.717, 1.165) is 57.1 Å². The van der Waals surface area contributed by atoms with Gasteiger partial charge in [0, 0.05) is 19.0 Å². The number of ether oxygens (including phenoxy) is 1. The molecule has 0 radical (unpaired) electrons. The van der Waals surface area contributed by atoms with Crippen LogP contribution in [-0.2, 0) is 11.0 Å². The Hall–Kier alpha value is -2.28. The van der Waals surface area contributed by atoms with Gasteiger partial charge in [-0.15, -0.1) is 0 Å². The number of alkyl halides is 3. The molecule has 1 N–H and O–H groups in total. The number of carboxylic acid groups (broad SMARTS) is 1. The zero-order valence-electron chi connectivity index (χ0n) is 20.6. The Morgan fingerprint density at radius 1 is 1.14 bits per heavy atom. The first-order chi connectivity index (χ1) is 16.7. The van der Waals surface area contributed by atoms with Crippen molar-refractivity contribution < 1.29 is 27.8 Å². The van der Waals surface area contributed by atoms with E-state index in [1.165, 1.54) is 6.07 Å². The van der Waals surface area contributed by atoms with Crippen molar-refractivity contribution in [2.45, 2.75) is 83.5 Å². The Kier molecular flexibility index (Phi) is 7.94. The number of hydrogen-bond acceptors (Lipinski definition) is 3. The molecule has 1 saturated carbocycles. The third-order valence-corrected chi connectivity index (χ3v) is 7.77. The quantitative estimate of drug-likeness (QED) is 0.437. The number of nitrogens with zero attached hydrogens (tertiary/aromatic N) is 1. The third kappa shape index (κ3) is 6.11. The summed E-state index contributed by atoms with van der Waals surface area (Å²) in [5.74, 6) is -0.152. The minimum Gasteiger partial charge on any atom is -0.490 e. The Morgan fingerprint density at radius 2 is 1.89 bits per heavy atom. The van der Waals surface area contributed by atoms with E-state index in [0.29, 0.717) is 17.8 Å². The number of likely N-dealkylation sites (tertiary alicyclic amines) is 1. The van der Waals surface area contributed by atoms with E-state index in [9.17, 15) is 23.1 Å². The van der Waals surface area contributed by atoms with Crippen LogP contribution in [-0.4, -0.2) is 35.2 Å². The van der Waals surface area contributed by atoms with Crippen molar-refractivity contribution >= 4 is 16.7 Å². The summed E-state index contributed by atoms with van der Waals surface area (Å²) in [5.41, 5.74) is 0.284. The summed E-state index contributed by atoms with van der Waals surface area (Å²) in [6.07, 6.45) is 1.62. The fourth-order valence-corrected chi connectivity index (χ4v) is 5.95. The molecular weight excluding hydrogens is 455 g/mol. The van der Waals surface area contributed by atoms with Crippen LogP contribution in [0.3, 0.4) is 0 Å². The highest BCUT2D eigenvalue weighted by molar-refractivity contribution is 5.89. The highest BCUT2D eigenvalue weighted by Crippen LogP contribution is 2.43. The minimum atomic E-state index is -4.51. The van der Waals surface area contributed by atoms with E-state index in [-0.39, 0.29) is 35.6 Å². The lowest BCUT2D eigenvalue weighted by atomic mass is 9.89. The average molecular weight is 492 g/mol. The second-order valence-corrected chi connectivity index (χ2v) is 10.4. The SMILES string of the molecule is CCC(c1ccc2c(C(F)(F)F)c(O[C@H]3CC[C@@H](C)CC3)ccc2c1)N1CCC[C@@H](CC(=O)O)C1. The molecule has 2 aromatic rings. The van der Waals surface area contributed by atoms with Crippen LogP contribution in [0.5, 0.6) is 5.75 Å². The summed E-state index contributed by atoms with van der Waals surface area (Å²) in [7, 11) is 0. The summed E-state index contributed by atoms with van der Waals surface area (Å²) in [5, 5.41) is 9.91. The summed E-state index contributed by atoms with van der Waals surface area (Å²) in [6, 6.07) is 8.53. The molecule has 1 aliphatic heterocycles. The highest BCUT2D eigenvalue weighted by Gasteiger charge is 2.37. The van der Waals surface area contributed by atoms with Gasteiger partial charge in [0.25, 0.3) is 0 Å². The molecule has 0 aromatic heterocycles. The lowest BCUT2D eigenvalue weighted by Gasteiger charge is -2.38. The lowest BCUT2D eigenvalue weighted by molar-refractivity contribution is -0.139. The second-order valence-electron chi connectivity index (χ2n) is 10.4. The molecule has 2 aliphatic rings. The molecule has 2 atom stereocenters. The molecule has 1 saturated heterocycles. The molecule has 192 valence electrons. The molecule has 2 fully saturated rings. The molecule has 0 spiro atoms. The zero-order valence-corrected chi connectivity index (χ0v) is 20.6. The molecule has 35 heavy (non-hydrogen) atoms. The Morgan fingerprint density at radius 3 is 2.54 bits per heavy atom. The summed E-state index contributed by atoms with van der Waals surface area (Å²) < 4.78 is 48.6. The van der Waals surface area contributed by atoms with Gasteiger partial charge in [-0.05, 0) is 91.8 Å². The van der Waals surface area contributed by atoms with E-state index in [2.05, 4.69) is 18.7 Å². The number of benzene rings is 2. The van der Waals surface area contributed by atoms with Gasteiger partial charge < -0.3 is 9.84 Å². The van der Waals surface area contributed by atoms with Crippen LogP contribution in [0.1, 0.15) is 82.4 Å². The van der Waals surface area contributed by atoms with Gasteiger partial charge in [-0.1, -0.05) is 32.0 Å². The number of piperidine rings is 1. The highest BCUT2D eigenvalue weighted by atomic mass is 19.4. The monoisotopic (exact) mass is 491 g/mol. The average Bonchev–Trinajstić information content (AvgIpc) is 2.80. The normalized spacial score (nSPS) is 24.9. The third-order valence-electron chi connectivity index (χ3n) is 7.77. The number of carbonyl (C=O) groups is 1. The van der Waals surface area contributed by atoms with E-state index in [1.54, 1.807) is 18.2 Å². The maximum absolute atomic E-state index is 14.2. The fraction of sp³-hybridized carbons (Fsp3) is 0.607. The van der Waals surface area contributed by atoms with Gasteiger partial charge in [0.2, 0.25) is 0 Å². The molecule has 4 nitrogen and oxygen atoms in total. The first-order valence-electron chi connectivity index (χ1n) is 12.9. The van der Waals surface area contributed by atoms with Crippen LogP contribution in [0.4, 0.5) is 13.2 Å². The Balaban J connectivity index is 1.62. The second kappa shape index (κ2) is 10.8. The zero-order chi connectivity index (χ0) is 25.2. The van der Waals surface area contributed by atoms with Crippen molar-refractivity contribution in [2.24, 2.45) is 11.8 Å². The molecule has 0 bridgehead atoms. The van der Waals surface area contributed by atoms with Crippen molar-refractivity contribution in [2.75, 3.05) is 13.1 Å². The van der Waals surface area contributed by atoms with Crippen molar-refractivity contribution in [3.05, 3.63) is 41.5 Å². The Bertz CT molecular complexity index is 1030. The van der Waals surface area contributed by atoms with Gasteiger partial charge in [-0.25, -0.2) is 0 Å². The number of halogens is 3. The predicted octanol–water partition coefficient (Wildman–Crippen LogP) is 7.45. The number of carboxylic acids is 1. The summed E-state index contributed by atoms with van der Waals surface area (Å²) in [6.45, 7) is 5.81. The lowest BCUT2D eigenvalue weighted by Crippen LogP contribution is -2.38. The van der Waals surface area contributed by atoms with Crippen molar-refractivity contribution in [3.63, 3.8) is 0 Å². The maximum Gasteiger partial charge on any atom is 0.420 e. The number of hydrogen-bond donors (Lipinski definition) is 1. The number of rotatable bonds is 7. The van der Waals surface area contributed by atoms with Crippen LogP contribution < -0.4 is 4.74 Å². The van der Waals surface area contributed by atoms with Gasteiger partial charge in [-0.3, -0.25) is 9.69 Å². The summed E-state index contributed by atoms with van der Waals surface area (Å²) >= 11 is 0. The summed E-state index contributed by atoms with van der Waals surface area (Å²) in [4.78, 5) is 13.5. The van der Waals surface area contributed by atoms with E-state index >= 15 is 0 Å². The number of aliphatic carboxylic acids is 1. The van der Waals surface area contributed by atoms with Crippen LogP contribution in [0.15, 0.2) is 30.3 Å². The van der Waals surface area contributed by atoms with E-state index < -0.39 is 17.7 Å². The first kappa shape index (κ1) is 25.8. The van der Waals surface area contributed by atoms with E-state index in [4.69, 9.17) is 4.74 Å². The van der Waals surface area contributed by atoms with Crippen molar-refractivity contribution in [1.29, 1.82) is 0 Å². The molecule has 1 unspecified atom stereocenters. The molecule has 7 heteroatoms. The van der Waals surface area contributed by atoms with Gasteiger partial charge in [-0.2, -0.15) is 13.2 Å². The van der Waals surface area contributed by atoms with Crippen LogP contribution in [0.2, 0.25) is 0 Å². The van der Waals surface area contributed by atoms with E-state index in [1.807, 2.05) is 6.07 Å². The molecule has 1 aliphatic carbocycles. The maximum atomic E-state index is 14.2. The topological polar surface area (TPSA) is 49.8 Å². The predicted molar refractivity (Wildman–Crippen MR) is 131 cm³/mol. The molecule has 4 rings (SSSR count). The van der Waals surface area contributed by atoms with Gasteiger partial charge in [0.1, 0.15) is 11.3 Å². The fourth-order valence-electron chi connectivity index (χ4n) is 5.95. The molecule has 1 heterocycles. The number of fused-ring (bicyclic) bond motifs is 1. The van der Waals surface area contributed by atoms with Gasteiger partial charge in [0.05, 0.1) is 6.10 Å². The molecule has 0 amide bonds. The standard InChI is InChI=1S/C28H36F3NO3/c1-3-24(32-14-4-5-19(17-32)15-26(33)34)21-8-12-23-20(16-21)9-13-25(27(23)28(29,30)31)35-22-10-6-18(2)7-11-22/h8-9,12-13,16,18-19,22,24H,3-7,10-11,14-15,17H2,1-2H3,(H,33,34)/t18-,19-,22+,24?/m0/s1. The smallest absolute Gasteiger partial charge is 0.420 e. The van der Waals surface area contributed by atoms with Crippen molar-refractivity contribution in [3.8, 4) is 5.75 Å².